The number of carbonyl (C=O) groups excluding carboxylic acids is 1. The quantitative estimate of drug-likeness (QED) is 0.628. The van der Waals surface area contributed by atoms with Crippen LogP contribution in [0, 0.1) is 16.0 Å². The largest absolute Gasteiger partial charge is 0.339 e. The molecule has 114 valence electrons. The molecule has 1 aliphatic rings. The van der Waals surface area contributed by atoms with Crippen molar-refractivity contribution in [3.63, 3.8) is 0 Å². The third-order valence-corrected chi connectivity index (χ3v) is 4.41. The minimum absolute atomic E-state index is 0.00658. The Labute approximate surface area is 129 Å². The predicted octanol–water partition coefficient (Wildman–Crippen LogP) is 3.90. The third-order valence-electron chi connectivity index (χ3n) is 4.10. The Morgan fingerprint density at radius 1 is 1.43 bits per heavy atom. The number of amides is 1. The summed E-state index contributed by atoms with van der Waals surface area (Å²) in [4.78, 5) is 24.5. The molecule has 1 aromatic carbocycles. The van der Waals surface area contributed by atoms with E-state index in [1.807, 2.05) is 4.90 Å². The fraction of sp³-hybridized carbons (Fsp3) is 0.533. The number of halogens is 1. The van der Waals surface area contributed by atoms with E-state index in [1.54, 1.807) is 0 Å². The van der Waals surface area contributed by atoms with Crippen molar-refractivity contribution in [1.29, 1.82) is 0 Å². The second-order valence-corrected chi connectivity index (χ2v) is 5.83. The van der Waals surface area contributed by atoms with E-state index in [0.717, 1.165) is 38.8 Å². The third kappa shape index (κ3) is 3.73. The predicted molar refractivity (Wildman–Crippen MR) is 81.6 cm³/mol. The fourth-order valence-electron chi connectivity index (χ4n) is 2.75. The summed E-state index contributed by atoms with van der Waals surface area (Å²) in [6.07, 6.45) is 4.32. The van der Waals surface area contributed by atoms with Gasteiger partial charge in [0, 0.05) is 24.7 Å². The van der Waals surface area contributed by atoms with Gasteiger partial charge in [0.25, 0.3) is 11.6 Å². The van der Waals surface area contributed by atoms with Crippen molar-refractivity contribution >= 4 is 23.2 Å². The van der Waals surface area contributed by atoms with Gasteiger partial charge in [-0.3, -0.25) is 14.9 Å². The van der Waals surface area contributed by atoms with Crippen LogP contribution in [0.5, 0.6) is 0 Å². The minimum Gasteiger partial charge on any atom is -0.339 e. The van der Waals surface area contributed by atoms with E-state index in [0.29, 0.717) is 11.5 Å². The second-order valence-electron chi connectivity index (χ2n) is 5.42. The molecule has 1 aliphatic heterocycles. The molecule has 0 N–H and O–H groups in total. The van der Waals surface area contributed by atoms with Gasteiger partial charge in [-0.05, 0) is 37.3 Å². The van der Waals surface area contributed by atoms with E-state index in [2.05, 4.69) is 6.92 Å². The zero-order valence-electron chi connectivity index (χ0n) is 12.0. The summed E-state index contributed by atoms with van der Waals surface area (Å²) in [6, 6.07) is 4.17. The zero-order valence-corrected chi connectivity index (χ0v) is 12.8. The van der Waals surface area contributed by atoms with Crippen LogP contribution in [-0.4, -0.2) is 28.8 Å². The Morgan fingerprint density at radius 3 is 2.81 bits per heavy atom. The Kier molecular flexibility index (Phi) is 5.17. The highest BCUT2D eigenvalue weighted by Gasteiger charge is 2.22. The summed E-state index contributed by atoms with van der Waals surface area (Å²) in [5.41, 5.74) is 0.246. The van der Waals surface area contributed by atoms with Gasteiger partial charge in [0.2, 0.25) is 0 Å². The summed E-state index contributed by atoms with van der Waals surface area (Å²) < 4.78 is 0. The van der Waals surface area contributed by atoms with Crippen LogP contribution in [0.15, 0.2) is 18.2 Å². The number of likely N-dealkylation sites (tertiary alicyclic amines) is 1. The first kappa shape index (κ1) is 15.8. The van der Waals surface area contributed by atoms with Crippen molar-refractivity contribution in [3.8, 4) is 0 Å². The zero-order chi connectivity index (χ0) is 15.4. The van der Waals surface area contributed by atoms with Crippen molar-refractivity contribution in [3.05, 3.63) is 38.9 Å². The highest BCUT2D eigenvalue weighted by atomic mass is 35.5. The number of carbonyl (C=O) groups is 1. The highest BCUT2D eigenvalue weighted by Crippen LogP contribution is 2.26. The molecule has 0 bridgehead atoms. The molecule has 1 fully saturated rings. The van der Waals surface area contributed by atoms with Crippen LogP contribution in [0.25, 0.3) is 0 Å². The molecular formula is C15H19ClN2O3. The Balaban J connectivity index is 2.12. The van der Waals surface area contributed by atoms with E-state index in [9.17, 15) is 14.9 Å². The van der Waals surface area contributed by atoms with Gasteiger partial charge < -0.3 is 4.90 Å². The second kappa shape index (κ2) is 6.89. The van der Waals surface area contributed by atoms with Gasteiger partial charge >= 0.3 is 0 Å². The van der Waals surface area contributed by atoms with Crippen LogP contribution in [0.4, 0.5) is 5.69 Å². The molecule has 1 aromatic rings. The van der Waals surface area contributed by atoms with Crippen LogP contribution >= 0.6 is 11.6 Å². The van der Waals surface area contributed by atoms with Crippen LogP contribution < -0.4 is 0 Å². The summed E-state index contributed by atoms with van der Waals surface area (Å²) in [6.45, 7) is 3.66. The summed E-state index contributed by atoms with van der Waals surface area (Å²) in [5.74, 6) is 0.590. The fourth-order valence-corrected chi connectivity index (χ4v) is 3.00. The van der Waals surface area contributed by atoms with E-state index >= 15 is 0 Å². The monoisotopic (exact) mass is 310 g/mol. The average molecular weight is 311 g/mol. The van der Waals surface area contributed by atoms with Gasteiger partial charge in [-0.25, -0.2) is 0 Å². The van der Waals surface area contributed by atoms with Crippen molar-refractivity contribution in [2.24, 2.45) is 5.92 Å². The average Bonchev–Trinajstić information content (AvgIpc) is 2.71. The van der Waals surface area contributed by atoms with Crippen LogP contribution in [0.3, 0.4) is 0 Å². The molecule has 5 nitrogen and oxygen atoms in total. The molecule has 1 unspecified atom stereocenters. The molecule has 0 aromatic heterocycles. The lowest BCUT2D eigenvalue weighted by molar-refractivity contribution is -0.384. The van der Waals surface area contributed by atoms with Gasteiger partial charge in [-0.2, -0.15) is 0 Å². The molecule has 1 saturated heterocycles. The Bertz CT molecular complexity index is 548. The smallest absolute Gasteiger partial charge is 0.287 e. The molecule has 0 saturated carbocycles. The Hall–Kier alpha value is -1.62. The van der Waals surface area contributed by atoms with Gasteiger partial charge in [0.1, 0.15) is 5.02 Å². The van der Waals surface area contributed by atoms with Gasteiger partial charge in [-0.1, -0.05) is 24.9 Å². The first-order chi connectivity index (χ1) is 10.0. The molecule has 6 heteroatoms. The number of nitrogens with zero attached hydrogens (tertiary/aromatic N) is 2. The summed E-state index contributed by atoms with van der Waals surface area (Å²) in [5, 5.41) is 10.8. The lowest BCUT2D eigenvalue weighted by atomic mass is 9.98. The van der Waals surface area contributed by atoms with Gasteiger partial charge in [-0.15, -0.1) is 0 Å². The van der Waals surface area contributed by atoms with Crippen molar-refractivity contribution in [2.75, 3.05) is 13.1 Å². The summed E-state index contributed by atoms with van der Waals surface area (Å²) >= 11 is 5.87. The first-order valence-corrected chi connectivity index (χ1v) is 7.64. The van der Waals surface area contributed by atoms with Gasteiger partial charge in [0.15, 0.2) is 0 Å². The molecule has 2 rings (SSSR count). The van der Waals surface area contributed by atoms with Crippen molar-refractivity contribution in [2.45, 2.75) is 32.6 Å². The SMILES string of the molecule is CCC1CCCN(C(=O)c2ccc([N+](=O)[O-])c(Cl)c2)CC1. The molecule has 1 atom stereocenters. The number of hydrogen-bond donors (Lipinski definition) is 0. The van der Waals surface area contributed by atoms with E-state index in [-0.39, 0.29) is 16.6 Å². The molecule has 0 spiro atoms. The van der Waals surface area contributed by atoms with Crippen LogP contribution in [0.1, 0.15) is 43.0 Å². The standard InChI is InChI=1S/C15H19ClN2O3/c1-2-11-4-3-8-17(9-7-11)15(19)12-5-6-14(18(20)21)13(16)10-12/h5-6,10-11H,2-4,7-9H2,1H3. The maximum atomic E-state index is 12.5. The Morgan fingerprint density at radius 2 is 2.19 bits per heavy atom. The van der Waals surface area contributed by atoms with E-state index < -0.39 is 4.92 Å². The molecule has 21 heavy (non-hydrogen) atoms. The molecular weight excluding hydrogens is 292 g/mol. The van der Waals surface area contributed by atoms with E-state index in [4.69, 9.17) is 11.6 Å². The van der Waals surface area contributed by atoms with Crippen LogP contribution in [-0.2, 0) is 0 Å². The highest BCUT2D eigenvalue weighted by molar-refractivity contribution is 6.33. The maximum Gasteiger partial charge on any atom is 0.287 e. The van der Waals surface area contributed by atoms with E-state index in [1.165, 1.54) is 18.2 Å². The number of hydrogen-bond acceptors (Lipinski definition) is 3. The first-order valence-electron chi connectivity index (χ1n) is 7.26. The number of rotatable bonds is 3. The maximum absolute atomic E-state index is 12.5. The lowest BCUT2D eigenvalue weighted by Gasteiger charge is -2.20. The topological polar surface area (TPSA) is 63.5 Å². The van der Waals surface area contributed by atoms with Crippen molar-refractivity contribution in [1.82, 2.24) is 4.90 Å². The molecule has 0 aliphatic carbocycles. The number of nitro benzene ring substituents is 1. The normalized spacial score (nSPS) is 19.1. The summed E-state index contributed by atoms with van der Waals surface area (Å²) in [7, 11) is 0. The molecule has 1 heterocycles. The van der Waals surface area contributed by atoms with Crippen LogP contribution in [0.2, 0.25) is 5.02 Å². The molecule has 0 radical (unpaired) electrons. The number of nitro groups is 1. The van der Waals surface area contributed by atoms with Crippen molar-refractivity contribution < 1.29 is 9.72 Å². The van der Waals surface area contributed by atoms with Gasteiger partial charge in [0.05, 0.1) is 4.92 Å². The molecule has 1 amide bonds. The lowest BCUT2D eigenvalue weighted by Crippen LogP contribution is -2.32. The number of benzene rings is 1. The minimum atomic E-state index is -0.547.